The molecule has 0 radical (unpaired) electrons. The molecule has 3 aromatic carbocycles. The Kier molecular flexibility index (Phi) is 16.1. The van der Waals surface area contributed by atoms with Gasteiger partial charge in [0.05, 0.1) is 0 Å². The average molecular weight is 747 g/mol. The lowest BCUT2D eigenvalue weighted by atomic mass is 9.86. The lowest BCUT2D eigenvalue weighted by molar-refractivity contribution is -0.117. The van der Waals surface area contributed by atoms with Gasteiger partial charge in [0.2, 0.25) is 17.7 Å². The first-order valence-electron chi connectivity index (χ1n) is 22.0. The van der Waals surface area contributed by atoms with Crippen LogP contribution in [-0.2, 0) is 14.4 Å². The molecule has 0 spiro atoms. The van der Waals surface area contributed by atoms with Crippen molar-refractivity contribution < 1.29 is 14.4 Å². The molecule has 0 atom stereocenters. The second-order valence-corrected chi connectivity index (χ2v) is 16.8. The predicted octanol–water partition coefficient (Wildman–Crippen LogP) is 13.2. The van der Waals surface area contributed by atoms with Gasteiger partial charge >= 0.3 is 0 Å². The third-order valence-electron chi connectivity index (χ3n) is 12.5. The van der Waals surface area contributed by atoms with Gasteiger partial charge in [-0.2, -0.15) is 0 Å². The Morgan fingerprint density at radius 1 is 0.400 bits per heavy atom. The second kappa shape index (κ2) is 21.8. The summed E-state index contributed by atoms with van der Waals surface area (Å²) in [7, 11) is 0. The Hall–Kier alpha value is -4.13. The molecular formula is C48H66N4O3. The summed E-state index contributed by atoms with van der Waals surface area (Å²) in [5, 5.41) is 9.31. The molecule has 3 amide bonds. The van der Waals surface area contributed by atoms with Crippen molar-refractivity contribution in [3.63, 3.8) is 0 Å². The molecule has 3 fully saturated rings. The Balaban J connectivity index is 1.07. The van der Waals surface area contributed by atoms with E-state index in [1.165, 1.54) is 96.3 Å². The van der Waals surface area contributed by atoms with Gasteiger partial charge < -0.3 is 20.9 Å². The highest BCUT2D eigenvalue weighted by atomic mass is 16.2. The van der Waals surface area contributed by atoms with Crippen LogP contribution in [0.4, 0.5) is 34.1 Å². The minimum absolute atomic E-state index is 0.0682. The Bertz CT molecular complexity index is 1410. The van der Waals surface area contributed by atoms with Gasteiger partial charge in [-0.3, -0.25) is 14.4 Å². The van der Waals surface area contributed by atoms with Crippen LogP contribution in [-0.4, -0.2) is 17.7 Å². The summed E-state index contributed by atoms with van der Waals surface area (Å²) in [4.78, 5) is 40.6. The molecule has 6 rings (SSSR count). The van der Waals surface area contributed by atoms with E-state index in [-0.39, 0.29) is 17.7 Å². The molecule has 3 aromatic rings. The van der Waals surface area contributed by atoms with E-state index in [1.54, 1.807) is 0 Å². The minimum Gasteiger partial charge on any atom is -0.326 e. The normalized spacial score (nSPS) is 17.0. The molecule has 3 saturated carbocycles. The van der Waals surface area contributed by atoms with Crippen molar-refractivity contribution in [3.8, 4) is 0 Å². The zero-order valence-electron chi connectivity index (χ0n) is 33.3. The van der Waals surface area contributed by atoms with Crippen molar-refractivity contribution in [2.75, 3.05) is 20.9 Å². The molecular weight excluding hydrogens is 681 g/mol. The van der Waals surface area contributed by atoms with Crippen LogP contribution in [0.15, 0.2) is 72.8 Å². The van der Waals surface area contributed by atoms with Crippen LogP contribution in [0.5, 0.6) is 0 Å². The van der Waals surface area contributed by atoms with Gasteiger partial charge in [-0.05, 0) is 129 Å². The zero-order chi connectivity index (χ0) is 38.1. The van der Waals surface area contributed by atoms with Crippen LogP contribution in [0.1, 0.15) is 154 Å². The lowest BCUT2D eigenvalue weighted by Gasteiger charge is -2.26. The fourth-order valence-corrected chi connectivity index (χ4v) is 9.28. The van der Waals surface area contributed by atoms with Gasteiger partial charge in [-0.25, -0.2) is 0 Å². The van der Waals surface area contributed by atoms with Gasteiger partial charge in [-0.1, -0.05) is 96.3 Å². The average Bonchev–Trinajstić information content (AvgIpc) is 3.21. The van der Waals surface area contributed by atoms with Crippen LogP contribution in [0.25, 0.3) is 0 Å². The summed E-state index contributed by atoms with van der Waals surface area (Å²) in [5.41, 5.74) is 5.18. The number of benzene rings is 3. The van der Waals surface area contributed by atoms with Crippen LogP contribution in [0.3, 0.4) is 0 Å². The number of nitrogens with zero attached hydrogens (tertiary/aromatic N) is 1. The number of amides is 3. The summed E-state index contributed by atoms with van der Waals surface area (Å²) < 4.78 is 0. The maximum Gasteiger partial charge on any atom is 0.224 e. The zero-order valence-corrected chi connectivity index (χ0v) is 33.3. The molecule has 0 aliphatic heterocycles. The Labute approximate surface area is 330 Å². The molecule has 0 bridgehead atoms. The number of nitrogens with one attached hydrogen (secondary N) is 3. The van der Waals surface area contributed by atoms with Crippen LogP contribution in [0.2, 0.25) is 0 Å². The highest BCUT2D eigenvalue weighted by Gasteiger charge is 2.18. The van der Waals surface area contributed by atoms with E-state index in [0.717, 1.165) is 90.4 Å². The van der Waals surface area contributed by atoms with Crippen molar-refractivity contribution in [1.82, 2.24) is 0 Å². The van der Waals surface area contributed by atoms with Gasteiger partial charge in [0.25, 0.3) is 0 Å². The number of carbonyl (C=O) groups is 3. The van der Waals surface area contributed by atoms with E-state index in [4.69, 9.17) is 0 Å². The van der Waals surface area contributed by atoms with E-state index in [0.29, 0.717) is 19.3 Å². The van der Waals surface area contributed by atoms with E-state index < -0.39 is 0 Å². The van der Waals surface area contributed by atoms with Crippen LogP contribution < -0.4 is 20.9 Å². The molecule has 3 aliphatic carbocycles. The van der Waals surface area contributed by atoms with Crippen molar-refractivity contribution in [2.24, 2.45) is 17.8 Å². The van der Waals surface area contributed by atoms with Gasteiger partial charge in [-0.15, -0.1) is 0 Å². The SMILES string of the molecule is O=C(CCCC1CCCCC1)Nc1ccc(N(c2ccc(NC(=O)CCCC3CCCCC3)cc2)c2ccc(NC(=O)CCCC3CCCCC3)cc2)cc1. The van der Waals surface area contributed by atoms with Gasteiger partial charge in [0.15, 0.2) is 0 Å². The fourth-order valence-electron chi connectivity index (χ4n) is 9.28. The monoisotopic (exact) mass is 747 g/mol. The molecule has 7 nitrogen and oxygen atoms in total. The van der Waals surface area contributed by atoms with E-state index >= 15 is 0 Å². The van der Waals surface area contributed by atoms with Gasteiger partial charge in [0, 0.05) is 53.4 Å². The van der Waals surface area contributed by atoms with E-state index in [2.05, 4.69) is 20.9 Å². The van der Waals surface area contributed by atoms with Crippen LogP contribution in [0, 0.1) is 17.8 Å². The van der Waals surface area contributed by atoms with Crippen molar-refractivity contribution in [3.05, 3.63) is 72.8 Å². The van der Waals surface area contributed by atoms with Crippen molar-refractivity contribution >= 4 is 51.8 Å². The maximum atomic E-state index is 12.8. The molecule has 3 N–H and O–H groups in total. The fraction of sp³-hybridized carbons (Fsp3) is 0.562. The summed E-state index contributed by atoms with van der Waals surface area (Å²) >= 11 is 0. The van der Waals surface area contributed by atoms with Gasteiger partial charge in [0.1, 0.15) is 0 Å². The third kappa shape index (κ3) is 13.5. The second-order valence-electron chi connectivity index (χ2n) is 16.8. The molecule has 7 heteroatoms. The Morgan fingerprint density at radius 3 is 0.909 bits per heavy atom. The maximum absolute atomic E-state index is 12.8. The number of rotatable bonds is 18. The highest BCUT2D eigenvalue weighted by molar-refractivity contribution is 5.93. The third-order valence-corrected chi connectivity index (χ3v) is 12.5. The molecule has 0 aromatic heterocycles. The Morgan fingerprint density at radius 2 is 0.655 bits per heavy atom. The topological polar surface area (TPSA) is 90.5 Å². The number of carbonyl (C=O) groups excluding carboxylic acids is 3. The van der Waals surface area contributed by atoms with Crippen molar-refractivity contribution in [2.45, 2.75) is 154 Å². The summed E-state index contributed by atoms with van der Waals surface area (Å²) in [6.07, 6.45) is 27.9. The quantitative estimate of drug-likeness (QED) is 0.121. The number of anilines is 6. The number of hydrogen-bond acceptors (Lipinski definition) is 4. The molecule has 296 valence electrons. The van der Waals surface area contributed by atoms with Crippen LogP contribution >= 0.6 is 0 Å². The first-order valence-corrected chi connectivity index (χ1v) is 22.0. The number of hydrogen-bond donors (Lipinski definition) is 3. The molecule has 0 saturated heterocycles. The summed E-state index contributed by atoms with van der Waals surface area (Å²) in [5.74, 6) is 2.56. The van der Waals surface area contributed by atoms with Crippen molar-refractivity contribution in [1.29, 1.82) is 0 Å². The largest absolute Gasteiger partial charge is 0.326 e. The van der Waals surface area contributed by atoms with E-state index in [1.807, 2.05) is 72.8 Å². The predicted molar refractivity (Wildman–Crippen MR) is 228 cm³/mol. The first-order chi connectivity index (χ1) is 27.0. The molecule has 55 heavy (non-hydrogen) atoms. The summed E-state index contributed by atoms with van der Waals surface area (Å²) in [6, 6.07) is 24.0. The molecule has 3 aliphatic rings. The molecule has 0 unspecified atom stereocenters. The standard InChI is InChI=1S/C48H66N4O3/c53-46(22-10-19-37-13-4-1-5-14-37)49-40-25-31-43(32-26-40)52(44-33-27-41(28-34-44)50-47(54)23-11-20-38-15-6-2-7-16-38)45-35-29-42(30-36-45)51-48(55)24-12-21-39-17-8-3-9-18-39/h25-39H,1-24H2,(H,49,53)(H,50,54)(H,51,55). The summed E-state index contributed by atoms with van der Waals surface area (Å²) in [6.45, 7) is 0. The highest BCUT2D eigenvalue weighted by Crippen LogP contribution is 2.37. The lowest BCUT2D eigenvalue weighted by Crippen LogP contribution is -2.14. The minimum atomic E-state index is 0.0682. The molecule has 0 heterocycles. The van der Waals surface area contributed by atoms with E-state index in [9.17, 15) is 14.4 Å². The smallest absolute Gasteiger partial charge is 0.224 e. The first kappa shape index (κ1) is 40.5.